The molecule has 1 aliphatic heterocycles. The van der Waals surface area contributed by atoms with Crippen LogP contribution in [0.5, 0.6) is 0 Å². The van der Waals surface area contributed by atoms with E-state index in [0.29, 0.717) is 12.6 Å². The van der Waals surface area contributed by atoms with Gasteiger partial charge in [0.15, 0.2) is 0 Å². The van der Waals surface area contributed by atoms with Gasteiger partial charge in [0.05, 0.1) is 17.9 Å². The molecule has 19 heavy (non-hydrogen) atoms. The van der Waals surface area contributed by atoms with Crippen LogP contribution in [0.3, 0.4) is 0 Å². The van der Waals surface area contributed by atoms with Crippen LogP contribution in [0.4, 0.5) is 11.4 Å². The van der Waals surface area contributed by atoms with E-state index in [4.69, 9.17) is 5.73 Å². The minimum absolute atomic E-state index is 0.207. The molecule has 0 saturated heterocycles. The number of para-hydroxylation sites is 1. The first-order chi connectivity index (χ1) is 9.16. The van der Waals surface area contributed by atoms with Crippen molar-refractivity contribution in [3.8, 4) is 0 Å². The van der Waals surface area contributed by atoms with Crippen LogP contribution in [0.15, 0.2) is 18.2 Å². The number of likely N-dealkylation sites (N-methyl/N-ethyl adjacent to an activating group) is 1. The number of aryl methyl sites for hydroxylation is 1. The Labute approximate surface area is 114 Å². The Morgan fingerprint density at radius 3 is 3.00 bits per heavy atom. The number of nitrogens with two attached hydrogens (primary N) is 1. The monoisotopic (exact) mass is 259 g/mol. The lowest BCUT2D eigenvalue weighted by molar-refractivity contribution is -0.128. The maximum Gasteiger partial charge on any atom is 0.242 e. The van der Waals surface area contributed by atoms with Crippen LogP contribution in [0.25, 0.3) is 0 Å². The lowest BCUT2D eigenvalue weighted by Crippen LogP contribution is -2.41. The molecule has 0 spiro atoms. The molecule has 4 nitrogen and oxygen atoms in total. The summed E-state index contributed by atoms with van der Waals surface area (Å²) >= 11 is 0. The Morgan fingerprint density at radius 2 is 2.26 bits per heavy atom. The van der Waals surface area contributed by atoms with Crippen LogP contribution in [0.2, 0.25) is 0 Å². The van der Waals surface area contributed by atoms with Crippen molar-refractivity contribution in [2.75, 3.05) is 30.8 Å². The second kappa shape index (κ2) is 4.76. The molecule has 1 aromatic carbocycles. The van der Waals surface area contributed by atoms with Gasteiger partial charge in [-0.05, 0) is 37.3 Å². The first-order valence-electron chi connectivity index (χ1n) is 7.05. The zero-order valence-corrected chi connectivity index (χ0v) is 11.4. The maximum absolute atomic E-state index is 12.3. The Hall–Kier alpha value is -1.71. The third-order valence-corrected chi connectivity index (χ3v) is 4.16. The number of rotatable bonds is 3. The smallest absolute Gasteiger partial charge is 0.242 e. The minimum Gasteiger partial charge on any atom is -0.397 e. The molecule has 4 heteroatoms. The number of nitrogens with zero attached hydrogens (tertiary/aromatic N) is 2. The summed E-state index contributed by atoms with van der Waals surface area (Å²) in [6.07, 6.45) is 4.46. The predicted molar refractivity (Wildman–Crippen MR) is 77.2 cm³/mol. The number of hydrogen-bond donors (Lipinski definition) is 1. The van der Waals surface area contributed by atoms with Crippen molar-refractivity contribution < 1.29 is 4.79 Å². The Morgan fingerprint density at radius 1 is 1.47 bits per heavy atom. The Kier molecular flexibility index (Phi) is 3.09. The van der Waals surface area contributed by atoms with Gasteiger partial charge in [0.25, 0.3) is 0 Å². The average molecular weight is 259 g/mol. The standard InChI is InChI=1S/C15H21N3O/c1-17(12-7-8-12)14(19)10-18-9-3-5-11-4-2-6-13(16)15(11)18/h2,4,6,12H,3,5,7-10,16H2,1H3. The van der Waals surface area contributed by atoms with Gasteiger partial charge in [-0.15, -0.1) is 0 Å². The number of nitrogen functional groups attached to an aromatic ring is 1. The van der Waals surface area contributed by atoms with Crippen LogP contribution >= 0.6 is 0 Å². The number of amides is 1. The largest absolute Gasteiger partial charge is 0.397 e. The first kappa shape index (κ1) is 12.3. The third kappa shape index (κ3) is 2.39. The summed E-state index contributed by atoms with van der Waals surface area (Å²) in [6, 6.07) is 6.51. The van der Waals surface area contributed by atoms with Gasteiger partial charge in [-0.25, -0.2) is 0 Å². The number of anilines is 2. The summed E-state index contributed by atoms with van der Waals surface area (Å²) in [5.74, 6) is 0.207. The fourth-order valence-electron chi connectivity index (χ4n) is 2.87. The molecule has 3 rings (SSSR count). The van der Waals surface area contributed by atoms with Crippen LogP contribution < -0.4 is 10.6 Å². The molecule has 2 N–H and O–H groups in total. The fourth-order valence-corrected chi connectivity index (χ4v) is 2.87. The fraction of sp³-hybridized carbons (Fsp3) is 0.533. The van der Waals surface area contributed by atoms with E-state index in [1.165, 1.54) is 5.56 Å². The summed E-state index contributed by atoms with van der Waals surface area (Å²) in [5.41, 5.74) is 9.23. The van der Waals surface area contributed by atoms with Crippen molar-refractivity contribution in [1.82, 2.24) is 4.90 Å². The van der Waals surface area contributed by atoms with Gasteiger partial charge in [-0.3, -0.25) is 4.79 Å². The SMILES string of the molecule is CN(C(=O)CN1CCCc2cccc(N)c21)C1CC1. The minimum atomic E-state index is 0.207. The van der Waals surface area contributed by atoms with Crippen LogP contribution in [-0.4, -0.2) is 37.0 Å². The van der Waals surface area contributed by atoms with E-state index >= 15 is 0 Å². The maximum atomic E-state index is 12.3. The molecule has 1 aliphatic carbocycles. The molecule has 1 heterocycles. The van der Waals surface area contributed by atoms with Gasteiger partial charge in [0.1, 0.15) is 0 Å². The summed E-state index contributed by atoms with van der Waals surface area (Å²) in [6.45, 7) is 1.37. The summed E-state index contributed by atoms with van der Waals surface area (Å²) in [5, 5.41) is 0. The van der Waals surface area contributed by atoms with Crippen LogP contribution in [-0.2, 0) is 11.2 Å². The Balaban J connectivity index is 1.78. The van der Waals surface area contributed by atoms with Gasteiger partial charge < -0.3 is 15.5 Å². The van der Waals surface area contributed by atoms with Crippen molar-refractivity contribution in [3.05, 3.63) is 23.8 Å². The summed E-state index contributed by atoms with van der Waals surface area (Å²) in [7, 11) is 1.92. The van der Waals surface area contributed by atoms with Gasteiger partial charge in [0.2, 0.25) is 5.91 Å². The number of benzene rings is 1. The van der Waals surface area contributed by atoms with Crippen molar-refractivity contribution in [2.24, 2.45) is 0 Å². The van der Waals surface area contributed by atoms with Crippen LogP contribution in [0, 0.1) is 0 Å². The van der Waals surface area contributed by atoms with Crippen molar-refractivity contribution in [1.29, 1.82) is 0 Å². The van der Waals surface area contributed by atoms with E-state index in [9.17, 15) is 4.79 Å². The summed E-state index contributed by atoms with van der Waals surface area (Å²) < 4.78 is 0. The van der Waals surface area contributed by atoms with E-state index in [-0.39, 0.29) is 5.91 Å². The van der Waals surface area contributed by atoms with E-state index < -0.39 is 0 Å². The highest BCUT2D eigenvalue weighted by molar-refractivity contribution is 5.84. The second-order valence-electron chi connectivity index (χ2n) is 5.62. The van der Waals surface area contributed by atoms with Crippen molar-refractivity contribution in [3.63, 3.8) is 0 Å². The Bertz CT molecular complexity index is 496. The molecule has 0 unspecified atom stereocenters. The lowest BCUT2D eigenvalue weighted by atomic mass is 10.0. The molecule has 0 bridgehead atoms. The molecule has 0 aromatic heterocycles. The summed E-state index contributed by atoms with van der Waals surface area (Å²) in [4.78, 5) is 16.3. The quantitative estimate of drug-likeness (QED) is 0.840. The van der Waals surface area contributed by atoms with E-state index in [1.807, 2.05) is 24.1 Å². The molecule has 102 valence electrons. The highest BCUT2D eigenvalue weighted by Gasteiger charge is 2.31. The molecule has 1 amide bonds. The molecule has 0 atom stereocenters. The van der Waals surface area contributed by atoms with Crippen molar-refractivity contribution in [2.45, 2.75) is 31.7 Å². The highest BCUT2D eigenvalue weighted by Crippen LogP contribution is 2.33. The van der Waals surface area contributed by atoms with E-state index in [1.54, 1.807) is 0 Å². The average Bonchev–Trinajstić information content (AvgIpc) is 3.22. The zero-order chi connectivity index (χ0) is 13.4. The molecule has 1 fully saturated rings. The normalized spacial score (nSPS) is 18.1. The number of carbonyl (C=O) groups excluding carboxylic acids is 1. The zero-order valence-electron chi connectivity index (χ0n) is 11.4. The molecule has 2 aliphatic rings. The predicted octanol–water partition coefficient (Wildman–Crippen LogP) is 1.64. The van der Waals surface area contributed by atoms with E-state index in [0.717, 1.165) is 43.6 Å². The van der Waals surface area contributed by atoms with Gasteiger partial charge in [-0.2, -0.15) is 0 Å². The van der Waals surface area contributed by atoms with Gasteiger partial charge in [-0.1, -0.05) is 12.1 Å². The molecular weight excluding hydrogens is 238 g/mol. The highest BCUT2D eigenvalue weighted by atomic mass is 16.2. The van der Waals surface area contributed by atoms with Crippen molar-refractivity contribution >= 4 is 17.3 Å². The van der Waals surface area contributed by atoms with E-state index in [2.05, 4.69) is 11.0 Å². The molecule has 1 saturated carbocycles. The molecular formula is C15H21N3O. The number of carbonyl (C=O) groups is 1. The van der Waals surface area contributed by atoms with Gasteiger partial charge >= 0.3 is 0 Å². The number of hydrogen-bond acceptors (Lipinski definition) is 3. The first-order valence-corrected chi connectivity index (χ1v) is 7.05. The third-order valence-electron chi connectivity index (χ3n) is 4.16. The lowest BCUT2D eigenvalue weighted by Gasteiger charge is -2.33. The van der Waals surface area contributed by atoms with Gasteiger partial charge in [0, 0.05) is 19.6 Å². The molecule has 0 radical (unpaired) electrons. The topological polar surface area (TPSA) is 49.6 Å². The number of fused-ring (bicyclic) bond motifs is 1. The van der Waals surface area contributed by atoms with Crippen LogP contribution in [0.1, 0.15) is 24.8 Å². The molecule has 1 aromatic rings. The second-order valence-corrected chi connectivity index (χ2v) is 5.62.